The topological polar surface area (TPSA) is 99.7 Å². The third-order valence-electron chi connectivity index (χ3n) is 7.67. The van der Waals surface area contributed by atoms with Crippen LogP contribution in [0.15, 0.2) is 72.8 Å². The van der Waals surface area contributed by atoms with Gasteiger partial charge in [0.05, 0.1) is 23.8 Å². The van der Waals surface area contributed by atoms with Gasteiger partial charge in [0.15, 0.2) is 0 Å². The van der Waals surface area contributed by atoms with Gasteiger partial charge in [0, 0.05) is 40.7 Å². The number of fused-ring (bicyclic) bond motifs is 1. The van der Waals surface area contributed by atoms with Crippen molar-refractivity contribution in [2.45, 2.75) is 31.7 Å². The summed E-state index contributed by atoms with van der Waals surface area (Å²) in [6.07, 6.45) is -0.475. The molecular weight excluding hydrogens is 556 g/mol. The number of nitrogens with one attached hydrogen (secondary N) is 1. The summed E-state index contributed by atoms with van der Waals surface area (Å²) in [4.78, 5) is 46.4. The second kappa shape index (κ2) is 12.3. The van der Waals surface area contributed by atoms with E-state index in [9.17, 15) is 19.5 Å². The molecule has 2 N–H and O–H groups in total. The van der Waals surface area contributed by atoms with Crippen LogP contribution in [0.25, 0.3) is 0 Å². The second-order valence-electron chi connectivity index (χ2n) is 10.9. The zero-order chi connectivity index (χ0) is 30.0. The Balaban J connectivity index is 1.47. The Bertz CT molecular complexity index is 1450. The number of phenols is 1. The highest BCUT2D eigenvalue weighted by Gasteiger charge is 2.50. The summed E-state index contributed by atoms with van der Waals surface area (Å²) in [6.45, 7) is 0.699. The number of rotatable bonds is 7. The first-order valence-electron chi connectivity index (χ1n) is 13.8. The summed E-state index contributed by atoms with van der Waals surface area (Å²) in [5.41, 5.74) is 3.45. The zero-order valence-corrected chi connectivity index (χ0v) is 24.7. The van der Waals surface area contributed by atoms with Crippen LogP contribution in [0, 0.1) is 0 Å². The molecule has 10 nitrogen and oxygen atoms in total. The number of piperazine rings is 1. The van der Waals surface area contributed by atoms with E-state index in [1.807, 2.05) is 67.5 Å². The highest BCUT2D eigenvalue weighted by atomic mass is 35.5. The van der Waals surface area contributed by atoms with Crippen LogP contribution in [-0.4, -0.2) is 89.2 Å². The number of phenolic OH excluding ortho intramolecular Hbond substituents is 1. The average Bonchev–Trinajstić information content (AvgIpc) is 2.96. The number of carbonyl (C=O) groups excluding carboxylic acids is 3. The van der Waals surface area contributed by atoms with Crippen molar-refractivity contribution in [3.8, 4) is 5.75 Å². The summed E-state index contributed by atoms with van der Waals surface area (Å²) >= 11 is 6.40. The Labute approximate surface area is 250 Å². The van der Waals surface area contributed by atoms with Gasteiger partial charge in [-0.2, -0.15) is 0 Å². The van der Waals surface area contributed by atoms with Gasteiger partial charge in [-0.25, -0.2) is 14.8 Å². The van der Waals surface area contributed by atoms with Crippen LogP contribution in [0.1, 0.15) is 16.7 Å². The normalized spacial score (nSPS) is 19.1. The molecule has 2 saturated heterocycles. The van der Waals surface area contributed by atoms with Crippen molar-refractivity contribution in [3.05, 3.63) is 94.5 Å². The fraction of sp³-hybridized carbons (Fsp3) is 0.323. The third kappa shape index (κ3) is 6.14. The minimum absolute atomic E-state index is 0.0437. The standard InChI is InChI=1S/C31H35ClN6O4/c1-34(2)26-16-23(11-14-25(26)32)18-36-19-28-37(27(30(36)41)15-21-9-12-24(39)13-10-21)29(40)20-35(3)38(28)31(42)33-17-22-7-5-4-6-8-22/h4-14,16,27-28,39H,15,17-20H2,1-3H3,(H,33,42)/t27-,28?/m0/s1. The van der Waals surface area contributed by atoms with Crippen molar-refractivity contribution >= 4 is 35.1 Å². The Hall–Kier alpha value is -4.28. The summed E-state index contributed by atoms with van der Waals surface area (Å²) in [5.74, 6) is -0.319. The van der Waals surface area contributed by atoms with Gasteiger partial charge in [-0.1, -0.05) is 60.1 Å². The number of hydrazine groups is 1. The predicted molar refractivity (Wildman–Crippen MR) is 161 cm³/mol. The van der Waals surface area contributed by atoms with Gasteiger partial charge in [0.25, 0.3) is 0 Å². The van der Waals surface area contributed by atoms with Gasteiger partial charge in [-0.05, 0) is 41.0 Å². The van der Waals surface area contributed by atoms with E-state index in [1.54, 1.807) is 51.1 Å². The molecule has 0 aromatic heterocycles. The molecule has 1 unspecified atom stereocenters. The number of carbonyl (C=O) groups is 3. The summed E-state index contributed by atoms with van der Waals surface area (Å²) < 4.78 is 0. The van der Waals surface area contributed by atoms with Crippen LogP contribution in [0.2, 0.25) is 5.02 Å². The molecule has 4 amide bonds. The van der Waals surface area contributed by atoms with Crippen molar-refractivity contribution in [3.63, 3.8) is 0 Å². The fourth-order valence-electron chi connectivity index (χ4n) is 5.58. The molecule has 0 aliphatic carbocycles. The molecule has 0 radical (unpaired) electrons. The van der Waals surface area contributed by atoms with E-state index >= 15 is 0 Å². The summed E-state index contributed by atoms with van der Waals surface area (Å²) in [6, 6.07) is 20.6. The molecule has 0 saturated carbocycles. The maximum Gasteiger partial charge on any atom is 0.334 e. The number of benzene rings is 3. The van der Waals surface area contributed by atoms with Crippen LogP contribution >= 0.6 is 11.6 Å². The number of halogens is 1. The van der Waals surface area contributed by atoms with E-state index < -0.39 is 12.2 Å². The smallest absolute Gasteiger partial charge is 0.334 e. The van der Waals surface area contributed by atoms with E-state index in [2.05, 4.69) is 5.32 Å². The average molecular weight is 591 g/mol. The monoisotopic (exact) mass is 590 g/mol. The summed E-state index contributed by atoms with van der Waals surface area (Å²) in [5, 5.41) is 16.5. The predicted octanol–water partition coefficient (Wildman–Crippen LogP) is 3.29. The van der Waals surface area contributed by atoms with Gasteiger partial charge in [0.2, 0.25) is 11.8 Å². The lowest BCUT2D eigenvalue weighted by Crippen LogP contribution is -2.76. The maximum atomic E-state index is 14.1. The molecule has 220 valence electrons. The lowest BCUT2D eigenvalue weighted by atomic mass is 9.98. The first-order valence-corrected chi connectivity index (χ1v) is 14.2. The van der Waals surface area contributed by atoms with Crippen LogP contribution < -0.4 is 10.2 Å². The Morgan fingerprint density at radius 3 is 2.38 bits per heavy atom. The number of anilines is 1. The van der Waals surface area contributed by atoms with E-state index in [4.69, 9.17) is 11.6 Å². The molecule has 3 aromatic carbocycles. The molecule has 42 heavy (non-hydrogen) atoms. The van der Waals surface area contributed by atoms with E-state index in [1.165, 1.54) is 0 Å². The maximum absolute atomic E-state index is 14.1. The molecule has 11 heteroatoms. The molecule has 0 spiro atoms. The molecule has 2 aliphatic heterocycles. The Kier molecular flexibility index (Phi) is 8.56. The van der Waals surface area contributed by atoms with Crippen LogP contribution in [-0.2, 0) is 29.1 Å². The number of likely N-dealkylation sites (N-methyl/N-ethyl adjacent to an activating group) is 1. The van der Waals surface area contributed by atoms with Gasteiger partial charge in [0.1, 0.15) is 18.0 Å². The second-order valence-corrected chi connectivity index (χ2v) is 11.3. The lowest BCUT2D eigenvalue weighted by molar-refractivity contribution is -0.187. The number of aromatic hydroxyl groups is 1. The lowest BCUT2D eigenvalue weighted by Gasteiger charge is -2.54. The quantitative estimate of drug-likeness (QED) is 0.438. The number of amides is 4. The molecule has 2 heterocycles. The fourth-order valence-corrected chi connectivity index (χ4v) is 5.86. The van der Waals surface area contributed by atoms with E-state index in [0.29, 0.717) is 11.6 Å². The van der Waals surface area contributed by atoms with Crippen molar-refractivity contribution in [2.75, 3.05) is 39.1 Å². The van der Waals surface area contributed by atoms with E-state index in [0.717, 1.165) is 22.4 Å². The van der Waals surface area contributed by atoms with Gasteiger partial charge < -0.3 is 25.1 Å². The number of hydrogen-bond acceptors (Lipinski definition) is 6. The van der Waals surface area contributed by atoms with Gasteiger partial charge in [-0.3, -0.25) is 9.59 Å². The van der Waals surface area contributed by atoms with Crippen molar-refractivity contribution in [1.82, 2.24) is 25.1 Å². The Morgan fingerprint density at radius 1 is 1.00 bits per heavy atom. The van der Waals surface area contributed by atoms with Gasteiger partial charge >= 0.3 is 6.03 Å². The zero-order valence-electron chi connectivity index (χ0n) is 23.9. The van der Waals surface area contributed by atoms with Crippen molar-refractivity contribution in [1.29, 1.82) is 0 Å². The van der Waals surface area contributed by atoms with E-state index in [-0.39, 0.29) is 49.7 Å². The van der Waals surface area contributed by atoms with Gasteiger partial charge in [-0.15, -0.1) is 0 Å². The van der Waals surface area contributed by atoms with Crippen LogP contribution in [0.4, 0.5) is 10.5 Å². The Morgan fingerprint density at radius 2 is 1.69 bits per heavy atom. The molecule has 3 aromatic rings. The highest BCUT2D eigenvalue weighted by Crippen LogP contribution is 2.31. The SMILES string of the molecule is CN(C)c1cc(CN2CC3N(C(=O)CN(C)N3C(=O)NCc3ccccc3)[C@@H](Cc3ccc(O)cc3)C2=O)ccc1Cl. The minimum atomic E-state index is -0.834. The largest absolute Gasteiger partial charge is 0.508 e. The number of urea groups is 1. The molecular formula is C31H35ClN6O4. The number of nitrogens with zero attached hydrogens (tertiary/aromatic N) is 5. The third-order valence-corrected chi connectivity index (χ3v) is 7.98. The molecule has 5 rings (SSSR count). The molecule has 2 atom stereocenters. The molecule has 2 aliphatic rings. The first-order chi connectivity index (χ1) is 20.1. The summed E-state index contributed by atoms with van der Waals surface area (Å²) in [7, 11) is 5.51. The van der Waals surface area contributed by atoms with Crippen LogP contribution in [0.3, 0.4) is 0 Å². The number of hydrogen-bond donors (Lipinski definition) is 2. The van der Waals surface area contributed by atoms with Crippen molar-refractivity contribution in [2.24, 2.45) is 0 Å². The van der Waals surface area contributed by atoms with Crippen LogP contribution in [0.5, 0.6) is 5.75 Å². The highest BCUT2D eigenvalue weighted by molar-refractivity contribution is 6.33. The first kappa shape index (κ1) is 29.2. The molecule has 2 fully saturated rings. The minimum Gasteiger partial charge on any atom is -0.508 e. The molecule has 0 bridgehead atoms. The van der Waals surface area contributed by atoms with Crippen molar-refractivity contribution < 1.29 is 19.5 Å².